The summed E-state index contributed by atoms with van der Waals surface area (Å²) >= 11 is 0. The number of hydrogen-bond acceptors (Lipinski definition) is 1. The first kappa shape index (κ1) is 13.0. The van der Waals surface area contributed by atoms with Crippen molar-refractivity contribution >= 4 is 5.69 Å². The smallest absolute Gasteiger partial charge is 0.0405 e. The number of nitrogens with one attached hydrogen (secondary N) is 1. The maximum absolute atomic E-state index is 3.64. The minimum Gasteiger partial charge on any atom is -0.385 e. The first-order valence-corrected chi connectivity index (χ1v) is 8.07. The highest BCUT2D eigenvalue weighted by atomic mass is 14.9. The third-order valence-electron chi connectivity index (χ3n) is 4.95. The molecule has 19 heavy (non-hydrogen) atoms. The second kappa shape index (κ2) is 5.56. The average Bonchev–Trinajstić information content (AvgIpc) is 2.38. The topological polar surface area (TPSA) is 12.0 Å². The number of aryl methyl sites for hydroxylation is 1. The number of fused-ring (bicyclic) bond motifs is 1. The Morgan fingerprint density at radius 2 is 1.89 bits per heavy atom. The zero-order chi connectivity index (χ0) is 13.2. The van der Waals surface area contributed by atoms with E-state index in [-0.39, 0.29) is 0 Å². The van der Waals surface area contributed by atoms with Crippen molar-refractivity contribution in [3.63, 3.8) is 0 Å². The van der Waals surface area contributed by atoms with Crippen molar-refractivity contribution < 1.29 is 0 Å². The Balaban J connectivity index is 1.76. The van der Waals surface area contributed by atoms with Crippen LogP contribution in [0.5, 0.6) is 0 Å². The van der Waals surface area contributed by atoms with Gasteiger partial charge < -0.3 is 5.32 Å². The van der Waals surface area contributed by atoms with Gasteiger partial charge in [0.15, 0.2) is 0 Å². The molecule has 1 saturated carbocycles. The molecule has 1 heterocycles. The summed E-state index contributed by atoms with van der Waals surface area (Å²) in [6, 6.07) is 6.91. The highest BCUT2D eigenvalue weighted by molar-refractivity contribution is 5.59. The Labute approximate surface area is 117 Å². The van der Waals surface area contributed by atoms with E-state index in [2.05, 4.69) is 37.4 Å². The first-order chi connectivity index (χ1) is 9.22. The summed E-state index contributed by atoms with van der Waals surface area (Å²) in [5.41, 5.74) is 4.59. The molecule has 1 N–H and O–H groups in total. The van der Waals surface area contributed by atoms with Gasteiger partial charge in [0.1, 0.15) is 0 Å². The first-order valence-electron chi connectivity index (χ1n) is 8.07. The molecule has 0 radical (unpaired) electrons. The van der Waals surface area contributed by atoms with E-state index in [4.69, 9.17) is 0 Å². The van der Waals surface area contributed by atoms with E-state index >= 15 is 0 Å². The molecule has 0 amide bonds. The van der Waals surface area contributed by atoms with Gasteiger partial charge in [-0.3, -0.25) is 0 Å². The van der Waals surface area contributed by atoms with Crippen molar-refractivity contribution in [3.05, 3.63) is 29.3 Å². The van der Waals surface area contributed by atoms with E-state index in [0.717, 1.165) is 24.3 Å². The van der Waals surface area contributed by atoms with Crippen molar-refractivity contribution in [2.24, 2.45) is 17.8 Å². The van der Waals surface area contributed by atoms with Gasteiger partial charge in [-0.2, -0.15) is 0 Å². The molecule has 0 saturated heterocycles. The van der Waals surface area contributed by atoms with Crippen LogP contribution in [-0.4, -0.2) is 6.54 Å². The third-order valence-corrected chi connectivity index (χ3v) is 4.95. The summed E-state index contributed by atoms with van der Waals surface area (Å²) in [5.74, 6) is 2.73. The number of rotatable bonds is 2. The number of hydrogen-bond donors (Lipinski definition) is 1. The van der Waals surface area contributed by atoms with E-state index in [1.807, 2.05) is 0 Å². The molecule has 0 bridgehead atoms. The van der Waals surface area contributed by atoms with Crippen molar-refractivity contribution in [3.8, 4) is 0 Å². The van der Waals surface area contributed by atoms with Crippen LogP contribution in [0.15, 0.2) is 18.2 Å². The lowest BCUT2D eigenvalue weighted by atomic mass is 9.74. The monoisotopic (exact) mass is 257 g/mol. The molecule has 2 unspecified atom stereocenters. The standard InChI is InChI=1S/C18H27N/c1-13-9-14(2)11-15(10-13)12-17-6-3-5-16-7-4-8-19-18(16)17/h3,5-6,13-15,19H,4,7-12H2,1-2H3. The fourth-order valence-corrected chi connectivity index (χ4v) is 4.34. The Kier molecular flexibility index (Phi) is 3.81. The van der Waals surface area contributed by atoms with E-state index in [9.17, 15) is 0 Å². The molecule has 0 aromatic heterocycles. The van der Waals surface area contributed by atoms with Gasteiger partial charge in [-0.05, 0) is 67.4 Å². The molecule has 1 nitrogen and oxygen atoms in total. The van der Waals surface area contributed by atoms with Gasteiger partial charge in [0.2, 0.25) is 0 Å². The van der Waals surface area contributed by atoms with Crippen LogP contribution in [0, 0.1) is 17.8 Å². The fourth-order valence-electron chi connectivity index (χ4n) is 4.34. The van der Waals surface area contributed by atoms with Crippen LogP contribution in [0.2, 0.25) is 0 Å². The van der Waals surface area contributed by atoms with Crippen LogP contribution in [0.3, 0.4) is 0 Å². The molecule has 1 aliphatic heterocycles. The summed E-state index contributed by atoms with van der Waals surface area (Å²) in [6.07, 6.45) is 8.11. The van der Waals surface area contributed by atoms with Crippen LogP contribution in [0.25, 0.3) is 0 Å². The summed E-state index contributed by atoms with van der Waals surface area (Å²) < 4.78 is 0. The van der Waals surface area contributed by atoms with E-state index in [1.54, 1.807) is 11.1 Å². The van der Waals surface area contributed by atoms with Gasteiger partial charge >= 0.3 is 0 Å². The summed E-state index contributed by atoms with van der Waals surface area (Å²) in [7, 11) is 0. The SMILES string of the molecule is CC1CC(C)CC(Cc2cccc3c2NCCC3)C1. The zero-order valence-electron chi connectivity index (χ0n) is 12.4. The largest absolute Gasteiger partial charge is 0.385 e. The summed E-state index contributed by atoms with van der Waals surface area (Å²) in [5, 5.41) is 3.64. The number of benzene rings is 1. The van der Waals surface area contributed by atoms with Crippen LogP contribution in [0.1, 0.15) is 50.7 Å². The average molecular weight is 257 g/mol. The number of para-hydroxylation sites is 1. The second-order valence-electron chi connectivity index (χ2n) is 6.97. The second-order valence-corrected chi connectivity index (χ2v) is 6.97. The van der Waals surface area contributed by atoms with Crippen LogP contribution in [0.4, 0.5) is 5.69 Å². The van der Waals surface area contributed by atoms with Crippen LogP contribution < -0.4 is 5.32 Å². The Morgan fingerprint density at radius 3 is 2.68 bits per heavy atom. The number of anilines is 1. The molecule has 1 aromatic rings. The van der Waals surface area contributed by atoms with Crippen molar-refractivity contribution in [2.75, 3.05) is 11.9 Å². The lowest BCUT2D eigenvalue weighted by Crippen LogP contribution is -2.22. The third kappa shape index (κ3) is 2.96. The van der Waals surface area contributed by atoms with Gasteiger partial charge in [-0.25, -0.2) is 0 Å². The normalized spacial score (nSPS) is 30.5. The van der Waals surface area contributed by atoms with Gasteiger partial charge in [0.05, 0.1) is 0 Å². The minimum atomic E-state index is 0.897. The van der Waals surface area contributed by atoms with Crippen molar-refractivity contribution in [2.45, 2.75) is 52.4 Å². The maximum atomic E-state index is 3.64. The Hall–Kier alpha value is -0.980. The lowest BCUT2D eigenvalue weighted by Gasteiger charge is -2.32. The molecule has 1 fully saturated rings. The van der Waals surface area contributed by atoms with Crippen LogP contribution in [-0.2, 0) is 12.8 Å². The maximum Gasteiger partial charge on any atom is 0.0405 e. The highest BCUT2D eigenvalue weighted by Crippen LogP contribution is 2.37. The molecule has 2 atom stereocenters. The molecule has 0 spiro atoms. The minimum absolute atomic E-state index is 0.897. The fraction of sp³-hybridized carbons (Fsp3) is 0.667. The molecule has 104 valence electrons. The summed E-state index contributed by atoms with van der Waals surface area (Å²) in [6.45, 7) is 6.02. The van der Waals surface area contributed by atoms with E-state index in [1.165, 1.54) is 44.2 Å². The quantitative estimate of drug-likeness (QED) is 0.812. The Bertz CT molecular complexity index is 427. The molecular weight excluding hydrogens is 230 g/mol. The van der Waals surface area contributed by atoms with Crippen LogP contribution >= 0.6 is 0 Å². The molecule has 1 aromatic carbocycles. The van der Waals surface area contributed by atoms with Crippen molar-refractivity contribution in [1.82, 2.24) is 0 Å². The molecule has 2 aliphatic rings. The van der Waals surface area contributed by atoms with Crippen molar-refractivity contribution in [1.29, 1.82) is 0 Å². The van der Waals surface area contributed by atoms with Gasteiger partial charge in [0.25, 0.3) is 0 Å². The molecule has 1 heteroatoms. The molecule has 3 rings (SSSR count). The van der Waals surface area contributed by atoms with Gasteiger partial charge in [-0.15, -0.1) is 0 Å². The molecular formula is C18H27N. The van der Waals surface area contributed by atoms with Gasteiger partial charge in [0, 0.05) is 12.2 Å². The Morgan fingerprint density at radius 1 is 1.11 bits per heavy atom. The van der Waals surface area contributed by atoms with E-state index in [0.29, 0.717) is 0 Å². The zero-order valence-corrected chi connectivity index (χ0v) is 12.4. The molecule has 1 aliphatic carbocycles. The predicted molar refractivity (Wildman–Crippen MR) is 82.6 cm³/mol. The predicted octanol–water partition coefficient (Wildman–Crippen LogP) is 4.66. The summed E-state index contributed by atoms with van der Waals surface area (Å²) in [4.78, 5) is 0. The van der Waals surface area contributed by atoms with E-state index < -0.39 is 0 Å². The highest BCUT2D eigenvalue weighted by Gasteiger charge is 2.25. The van der Waals surface area contributed by atoms with Gasteiger partial charge in [-0.1, -0.05) is 32.0 Å². The lowest BCUT2D eigenvalue weighted by molar-refractivity contribution is 0.218.